The van der Waals surface area contributed by atoms with Gasteiger partial charge in [0.05, 0.1) is 12.2 Å². The Bertz CT molecular complexity index is 318. The number of rotatable bonds is 4. The number of thiophene rings is 1. The minimum Gasteiger partial charge on any atom is -0.386 e. The minimum absolute atomic E-state index is 0.315. The molecule has 0 amide bonds. The highest BCUT2D eigenvalue weighted by Crippen LogP contribution is 2.21. The van der Waals surface area contributed by atoms with E-state index in [0.717, 1.165) is 17.7 Å². The molecule has 0 aromatic carbocycles. The summed E-state index contributed by atoms with van der Waals surface area (Å²) in [5.74, 6) is 0. The van der Waals surface area contributed by atoms with Gasteiger partial charge in [-0.3, -0.25) is 0 Å². The van der Waals surface area contributed by atoms with Crippen molar-refractivity contribution < 1.29 is 9.84 Å². The van der Waals surface area contributed by atoms with E-state index in [1.807, 2.05) is 17.5 Å². The summed E-state index contributed by atoms with van der Waals surface area (Å²) in [4.78, 5) is 1.03. The fraction of sp³-hybridized carbons (Fsp3) is 0.692. The van der Waals surface area contributed by atoms with Crippen molar-refractivity contribution in [2.24, 2.45) is 0 Å². The molecule has 0 saturated carbocycles. The lowest BCUT2D eigenvalue weighted by atomic mass is 10.00. The second-order valence-electron chi connectivity index (χ2n) is 4.87. The second-order valence-corrected chi connectivity index (χ2v) is 5.84. The molecule has 0 aliphatic carbocycles. The number of hydrogen-bond donors (Lipinski definition) is 2. The van der Waals surface area contributed by atoms with Crippen molar-refractivity contribution in [2.45, 2.75) is 51.0 Å². The Hall–Kier alpha value is -0.420. The average Bonchev–Trinajstić information content (AvgIpc) is 2.78. The zero-order valence-electron chi connectivity index (χ0n) is 10.4. The van der Waals surface area contributed by atoms with Crippen LogP contribution in [0.2, 0.25) is 0 Å². The third-order valence-corrected chi connectivity index (χ3v) is 4.14. The van der Waals surface area contributed by atoms with Gasteiger partial charge in [0.1, 0.15) is 6.10 Å². The highest BCUT2D eigenvalue weighted by Gasteiger charge is 2.24. The quantitative estimate of drug-likeness (QED) is 0.867. The van der Waals surface area contributed by atoms with E-state index >= 15 is 0 Å². The zero-order valence-corrected chi connectivity index (χ0v) is 11.2. The maximum Gasteiger partial charge on any atom is 0.101 e. The molecule has 1 aromatic rings. The smallest absolute Gasteiger partial charge is 0.101 e. The molecule has 1 saturated heterocycles. The average molecular weight is 255 g/mol. The van der Waals surface area contributed by atoms with Crippen LogP contribution in [0.15, 0.2) is 17.5 Å². The van der Waals surface area contributed by atoms with Crippen molar-refractivity contribution in [3.8, 4) is 0 Å². The predicted molar refractivity (Wildman–Crippen MR) is 70.3 cm³/mol. The zero-order chi connectivity index (χ0) is 12.3. The molecule has 0 bridgehead atoms. The Labute approximate surface area is 107 Å². The molecule has 2 rings (SSSR count). The number of aliphatic hydroxyl groups is 1. The summed E-state index contributed by atoms with van der Waals surface area (Å²) < 4.78 is 5.69. The summed E-state index contributed by atoms with van der Waals surface area (Å²) in [6.45, 7) is 4.85. The second kappa shape index (κ2) is 5.96. The number of ether oxygens (including phenoxy) is 1. The van der Waals surface area contributed by atoms with E-state index in [0.29, 0.717) is 24.8 Å². The highest BCUT2D eigenvalue weighted by atomic mass is 32.1. The van der Waals surface area contributed by atoms with E-state index in [1.54, 1.807) is 11.3 Å². The molecule has 1 fully saturated rings. The molecular formula is C13H21NO2S. The number of hydrogen-bond acceptors (Lipinski definition) is 4. The molecule has 0 radical (unpaired) electrons. The van der Waals surface area contributed by atoms with E-state index in [1.165, 1.54) is 0 Å². The maximum atomic E-state index is 9.99. The fourth-order valence-corrected chi connectivity index (χ4v) is 3.14. The predicted octanol–water partition coefficient (Wildman–Crippen LogP) is 2.33. The number of aliphatic hydroxyl groups excluding tert-OH is 1. The van der Waals surface area contributed by atoms with E-state index in [-0.39, 0.29) is 6.10 Å². The SMILES string of the molecule is C[C@@H]1CC(NC[C@@H](O)c2cccs2)C[C@@H](C)O1. The Morgan fingerprint density at radius 2 is 2.18 bits per heavy atom. The van der Waals surface area contributed by atoms with Crippen LogP contribution in [-0.4, -0.2) is 29.9 Å². The van der Waals surface area contributed by atoms with Crippen molar-refractivity contribution in [3.63, 3.8) is 0 Å². The van der Waals surface area contributed by atoms with Crippen LogP contribution in [0.5, 0.6) is 0 Å². The molecule has 1 aliphatic heterocycles. The Morgan fingerprint density at radius 1 is 1.47 bits per heavy atom. The van der Waals surface area contributed by atoms with E-state index in [4.69, 9.17) is 4.74 Å². The van der Waals surface area contributed by atoms with Gasteiger partial charge in [-0.05, 0) is 38.1 Å². The molecule has 0 unspecified atom stereocenters. The molecule has 96 valence electrons. The fourth-order valence-electron chi connectivity index (χ4n) is 2.43. The molecule has 17 heavy (non-hydrogen) atoms. The van der Waals surface area contributed by atoms with Gasteiger partial charge in [-0.25, -0.2) is 0 Å². The normalized spacial score (nSPS) is 31.4. The molecule has 3 atom stereocenters. The molecule has 3 nitrogen and oxygen atoms in total. The summed E-state index contributed by atoms with van der Waals surface area (Å²) in [6, 6.07) is 4.41. The molecular weight excluding hydrogens is 234 g/mol. The molecule has 0 spiro atoms. The highest BCUT2D eigenvalue weighted by molar-refractivity contribution is 7.10. The van der Waals surface area contributed by atoms with E-state index in [2.05, 4.69) is 19.2 Å². The molecule has 1 aromatic heterocycles. The lowest BCUT2D eigenvalue weighted by molar-refractivity contribution is -0.0433. The van der Waals surface area contributed by atoms with Gasteiger partial charge < -0.3 is 15.2 Å². The summed E-state index contributed by atoms with van der Waals surface area (Å²) in [5, 5.41) is 15.4. The van der Waals surface area contributed by atoms with Gasteiger partial charge in [0.15, 0.2) is 0 Å². The first kappa shape index (κ1) is 13.0. The van der Waals surface area contributed by atoms with Crippen LogP contribution in [0.4, 0.5) is 0 Å². The van der Waals surface area contributed by atoms with Gasteiger partial charge in [0, 0.05) is 17.5 Å². The van der Waals surface area contributed by atoms with Crippen LogP contribution < -0.4 is 5.32 Å². The van der Waals surface area contributed by atoms with E-state index < -0.39 is 0 Å². The number of nitrogens with one attached hydrogen (secondary N) is 1. The van der Waals surface area contributed by atoms with Gasteiger partial charge in [-0.2, -0.15) is 0 Å². The lowest BCUT2D eigenvalue weighted by Gasteiger charge is -2.33. The standard InChI is InChI=1S/C13H21NO2S/c1-9-6-11(7-10(2)16-9)14-8-12(15)13-4-3-5-17-13/h3-5,9-12,14-15H,6-8H2,1-2H3/t9-,10-,12-/m1/s1. The van der Waals surface area contributed by atoms with Crippen molar-refractivity contribution >= 4 is 11.3 Å². The van der Waals surface area contributed by atoms with Gasteiger partial charge in [0.25, 0.3) is 0 Å². The van der Waals surface area contributed by atoms with Gasteiger partial charge >= 0.3 is 0 Å². The van der Waals surface area contributed by atoms with Crippen LogP contribution >= 0.6 is 11.3 Å². The van der Waals surface area contributed by atoms with Crippen LogP contribution in [0.1, 0.15) is 37.7 Å². The van der Waals surface area contributed by atoms with Crippen molar-refractivity contribution in [1.29, 1.82) is 0 Å². The Kier molecular flexibility index (Phi) is 4.56. The molecule has 2 N–H and O–H groups in total. The topological polar surface area (TPSA) is 41.5 Å². The van der Waals surface area contributed by atoms with Crippen molar-refractivity contribution in [2.75, 3.05) is 6.54 Å². The summed E-state index contributed by atoms with van der Waals surface area (Å²) in [6.07, 6.45) is 2.30. The summed E-state index contributed by atoms with van der Waals surface area (Å²) >= 11 is 1.60. The van der Waals surface area contributed by atoms with Gasteiger partial charge in [-0.15, -0.1) is 11.3 Å². The third kappa shape index (κ3) is 3.78. The Balaban J connectivity index is 1.78. The third-order valence-electron chi connectivity index (χ3n) is 3.17. The Morgan fingerprint density at radius 3 is 2.76 bits per heavy atom. The monoisotopic (exact) mass is 255 g/mol. The molecule has 2 heterocycles. The summed E-state index contributed by atoms with van der Waals surface area (Å²) in [5.41, 5.74) is 0. The van der Waals surface area contributed by atoms with Crippen LogP contribution in [0.3, 0.4) is 0 Å². The van der Waals surface area contributed by atoms with Crippen molar-refractivity contribution in [3.05, 3.63) is 22.4 Å². The van der Waals surface area contributed by atoms with Crippen LogP contribution in [0, 0.1) is 0 Å². The lowest BCUT2D eigenvalue weighted by Crippen LogP contribution is -2.42. The first-order valence-corrected chi connectivity index (χ1v) is 7.13. The first-order valence-electron chi connectivity index (χ1n) is 6.25. The summed E-state index contributed by atoms with van der Waals surface area (Å²) in [7, 11) is 0. The van der Waals surface area contributed by atoms with Crippen molar-refractivity contribution in [1.82, 2.24) is 5.32 Å². The first-order chi connectivity index (χ1) is 8.15. The molecule has 1 aliphatic rings. The maximum absolute atomic E-state index is 9.99. The minimum atomic E-state index is -0.386. The van der Waals surface area contributed by atoms with E-state index in [9.17, 15) is 5.11 Å². The van der Waals surface area contributed by atoms with Gasteiger partial charge in [-0.1, -0.05) is 6.07 Å². The van der Waals surface area contributed by atoms with Crippen LogP contribution in [-0.2, 0) is 4.74 Å². The molecule has 4 heteroatoms. The largest absolute Gasteiger partial charge is 0.386 e. The van der Waals surface area contributed by atoms with Gasteiger partial charge in [0.2, 0.25) is 0 Å². The van der Waals surface area contributed by atoms with Crippen LogP contribution in [0.25, 0.3) is 0 Å².